The zero-order valence-corrected chi connectivity index (χ0v) is 32.4. The lowest BCUT2D eigenvalue weighted by Gasteiger charge is -2.27. The maximum atomic E-state index is 6.60. The second kappa shape index (κ2) is 12.7. The largest absolute Gasteiger partial charge is 0.455 e. The standard InChI is InChI=1S/C57H34N2O/c1-3-11-39(12-4-1)59(40-13-5-2-6-14-40)52-32-24-36-20-26-45-41(25-19-35-21-28-49(52)55(36)54(35)45)38-23-31-51(58-34-38)37-22-27-47-50(33-37)43-16-8-7-15-42(43)46-29-30-48-44-17-9-10-18-53(44)60-57(48)56(46)47/h1-34H. The Hall–Kier alpha value is -8.01. The van der Waals surface area contributed by atoms with Crippen LogP contribution in [0.2, 0.25) is 0 Å². The van der Waals surface area contributed by atoms with Crippen molar-refractivity contribution in [3.05, 3.63) is 206 Å². The lowest BCUT2D eigenvalue weighted by Crippen LogP contribution is -2.10. The van der Waals surface area contributed by atoms with Crippen molar-refractivity contribution in [1.82, 2.24) is 4.98 Å². The monoisotopic (exact) mass is 762 g/mol. The molecule has 0 aliphatic heterocycles. The van der Waals surface area contributed by atoms with Gasteiger partial charge in [0.05, 0.1) is 11.4 Å². The minimum atomic E-state index is 0.911. The van der Waals surface area contributed by atoms with Crippen LogP contribution < -0.4 is 4.90 Å². The van der Waals surface area contributed by atoms with Crippen LogP contribution in [0.25, 0.3) is 109 Å². The fourth-order valence-electron chi connectivity index (χ4n) is 9.92. The van der Waals surface area contributed by atoms with Crippen LogP contribution in [0, 0.1) is 0 Å². The zero-order chi connectivity index (χ0) is 39.3. The van der Waals surface area contributed by atoms with Crippen LogP contribution in [0.4, 0.5) is 17.1 Å². The third kappa shape index (κ3) is 4.81. The average Bonchev–Trinajstić information content (AvgIpc) is 3.71. The number of pyridine rings is 1. The summed E-state index contributed by atoms with van der Waals surface area (Å²) in [4.78, 5) is 7.51. The van der Waals surface area contributed by atoms with Crippen molar-refractivity contribution in [2.75, 3.05) is 4.90 Å². The molecule has 0 atom stereocenters. The van der Waals surface area contributed by atoms with E-state index in [1.165, 1.54) is 64.8 Å². The molecule has 13 aromatic rings. The number of nitrogens with zero attached hydrogens (tertiary/aromatic N) is 2. The fourth-order valence-corrected chi connectivity index (χ4v) is 9.92. The van der Waals surface area contributed by atoms with Crippen molar-refractivity contribution >= 4 is 104 Å². The number of fused-ring (bicyclic) bond motifs is 10. The molecule has 0 saturated carbocycles. The number of benzene rings is 11. The third-order valence-corrected chi connectivity index (χ3v) is 12.6. The third-order valence-electron chi connectivity index (χ3n) is 12.6. The van der Waals surface area contributed by atoms with Gasteiger partial charge in [-0.05, 0) is 114 Å². The van der Waals surface area contributed by atoms with Crippen molar-refractivity contribution in [2.24, 2.45) is 0 Å². The smallest absolute Gasteiger partial charge is 0.143 e. The average molecular weight is 763 g/mol. The van der Waals surface area contributed by atoms with Crippen LogP contribution in [0.1, 0.15) is 0 Å². The van der Waals surface area contributed by atoms with Gasteiger partial charge in [0.25, 0.3) is 0 Å². The number of para-hydroxylation sites is 3. The molecule has 0 saturated heterocycles. The summed E-state index contributed by atoms with van der Waals surface area (Å²) in [5.74, 6) is 0. The van der Waals surface area contributed by atoms with Crippen LogP contribution in [0.15, 0.2) is 211 Å². The number of rotatable bonds is 5. The van der Waals surface area contributed by atoms with Crippen LogP contribution in [-0.4, -0.2) is 4.98 Å². The van der Waals surface area contributed by atoms with Crippen LogP contribution in [0.3, 0.4) is 0 Å². The molecule has 2 heterocycles. The highest BCUT2D eigenvalue weighted by atomic mass is 16.3. The van der Waals surface area contributed by atoms with E-state index in [2.05, 4.69) is 199 Å². The second-order valence-corrected chi connectivity index (χ2v) is 15.8. The molecular formula is C57H34N2O. The van der Waals surface area contributed by atoms with Crippen molar-refractivity contribution in [1.29, 1.82) is 0 Å². The van der Waals surface area contributed by atoms with E-state index in [0.29, 0.717) is 0 Å². The maximum absolute atomic E-state index is 6.60. The van der Waals surface area contributed by atoms with E-state index < -0.39 is 0 Å². The summed E-state index contributed by atoms with van der Waals surface area (Å²) in [5.41, 5.74) is 9.55. The van der Waals surface area contributed by atoms with Gasteiger partial charge in [0.1, 0.15) is 11.2 Å². The first-order valence-electron chi connectivity index (χ1n) is 20.5. The highest BCUT2D eigenvalue weighted by molar-refractivity contribution is 6.33. The SMILES string of the molecule is c1ccc(N(c2ccccc2)c2ccc3ccc4c(-c5ccc(-c6ccc7c(c6)c6ccccc6c6ccc8c9ccccc9oc8c67)nc5)ccc5ccc2c3c54)cc1. The first-order valence-corrected chi connectivity index (χ1v) is 20.5. The minimum absolute atomic E-state index is 0.911. The second-order valence-electron chi connectivity index (χ2n) is 15.8. The number of furan rings is 1. The molecule has 0 amide bonds. The van der Waals surface area contributed by atoms with Crippen LogP contribution >= 0.6 is 0 Å². The summed E-state index contributed by atoms with van der Waals surface area (Å²) in [6, 6.07) is 72.2. The fraction of sp³-hybridized carbons (Fsp3) is 0. The molecule has 0 aliphatic carbocycles. The molecule has 3 nitrogen and oxygen atoms in total. The Bertz CT molecular complexity index is 3770. The Morgan fingerprint density at radius 2 is 0.933 bits per heavy atom. The molecule has 0 N–H and O–H groups in total. The van der Waals surface area contributed by atoms with Gasteiger partial charge in [-0.3, -0.25) is 4.98 Å². The summed E-state index contributed by atoms with van der Waals surface area (Å²) < 4.78 is 6.60. The normalized spacial score (nSPS) is 12.0. The molecule has 60 heavy (non-hydrogen) atoms. The Balaban J connectivity index is 0.947. The Kier molecular flexibility index (Phi) is 7.01. The minimum Gasteiger partial charge on any atom is -0.455 e. The molecule has 0 spiro atoms. The molecule has 11 aromatic carbocycles. The highest BCUT2D eigenvalue weighted by Crippen LogP contribution is 2.46. The lowest BCUT2D eigenvalue weighted by molar-refractivity contribution is 0.673. The first kappa shape index (κ1) is 33.0. The number of hydrogen-bond acceptors (Lipinski definition) is 3. The van der Waals surface area contributed by atoms with Crippen LogP contribution in [0.5, 0.6) is 0 Å². The first-order chi connectivity index (χ1) is 29.8. The van der Waals surface area contributed by atoms with Gasteiger partial charge in [-0.15, -0.1) is 0 Å². The van der Waals surface area contributed by atoms with Gasteiger partial charge < -0.3 is 9.32 Å². The summed E-state index contributed by atoms with van der Waals surface area (Å²) in [6.07, 6.45) is 2.04. The predicted molar refractivity (Wildman–Crippen MR) is 253 cm³/mol. The van der Waals surface area contributed by atoms with Gasteiger partial charge >= 0.3 is 0 Å². The van der Waals surface area contributed by atoms with Gasteiger partial charge in [0, 0.05) is 50.2 Å². The van der Waals surface area contributed by atoms with Crippen molar-refractivity contribution in [3.63, 3.8) is 0 Å². The molecule has 0 bridgehead atoms. The Morgan fingerprint density at radius 3 is 1.68 bits per heavy atom. The van der Waals surface area contributed by atoms with E-state index in [-0.39, 0.29) is 0 Å². The predicted octanol–water partition coefficient (Wildman–Crippen LogP) is 16.1. The van der Waals surface area contributed by atoms with Gasteiger partial charge in [0.2, 0.25) is 0 Å². The van der Waals surface area contributed by atoms with Gasteiger partial charge in [-0.25, -0.2) is 0 Å². The quantitative estimate of drug-likeness (QED) is 0.164. The molecule has 0 unspecified atom stereocenters. The summed E-state index contributed by atoms with van der Waals surface area (Å²) in [5, 5.41) is 16.9. The van der Waals surface area contributed by atoms with Gasteiger partial charge in [0.15, 0.2) is 0 Å². The summed E-state index contributed by atoms with van der Waals surface area (Å²) in [7, 11) is 0. The van der Waals surface area contributed by atoms with E-state index in [4.69, 9.17) is 9.40 Å². The lowest BCUT2D eigenvalue weighted by atomic mass is 9.89. The molecule has 13 rings (SSSR count). The maximum Gasteiger partial charge on any atom is 0.143 e. The van der Waals surface area contributed by atoms with Crippen LogP contribution in [-0.2, 0) is 0 Å². The molecule has 0 aliphatic rings. The molecular weight excluding hydrogens is 729 g/mol. The summed E-state index contributed by atoms with van der Waals surface area (Å²) >= 11 is 0. The molecule has 2 aromatic heterocycles. The van der Waals surface area contributed by atoms with Crippen molar-refractivity contribution in [3.8, 4) is 22.4 Å². The Morgan fingerprint density at radius 1 is 0.367 bits per heavy atom. The van der Waals surface area contributed by atoms with Gasteiger partial charge in [-0.2, -0.15) is 0 Å². The van der Waals surface area contributed by atoms with E-state index in [9.17, 15) is 0 Å². The number of aromatic nitrogens is 1. The van der Waals surface area contributed by atoms with E-state index in [1.54, 1.807) is 0 Å². The number of anilines is 3. The van der Waals surface area contributed by atoms with E-state index in [1.807, 2.05) is 12.3 Å². The molecule has 278 valence electrons. The number of hydrogen-bond donors (Lipinski definition) is 0. The topological polar surface area (TPSA) is 29.3 Å². The molecule has 0 radical (unpaired) electrons. The van der Waals surface area contributed by atoms with Crippen molar-refractivity contribution < 1.29 is 4.42 Å². The Labute approximate surface area is 345 Å². The summed E-state index contributed by atoms with van der Waals surface area (Å²) in [6.45, 7) is 0. The molecule has 3 heteroatoms. The van der Waals surface area contributed by atoms with E-state index in [0.717, 1.165) is 61.2 Å². The van der Waals surface area contributed by atoms with Gasteiger partial charge in [-0.1, -0.05) is 146 Å². The molecule has 0 fully saturated rings. The highest BCUT2D eigenvalue weighted by Gasteiger charge is 2.20. The zero-order valence-electron chi connectivity index (χ0n) is 32.4. The van der Waals surface area contributed by atoms with E-state index >= 15 is 0 Å². The van der Waals surface area contributed by atoms with Crippen molar-refractivity contribution in [2.45, 2.75) is 0 Å².